The number of benzene rings is 2. The SMILES string of the molecule is COC1[C@H]([C@H](OCc2ccc(Cl)cc2)C(=O)OC(C)C)OC(CO)[C@H](O)[C@@H]1n1cc(-c2cc(F)c(F)c(F)c2)nn1. The quantitative estimate of drug-likeness (QED) is 0.267. The lowest BCUT2D eigenvalue weighted by Gasteiger charge is -2.45. The zero-order valence-electron chi connectivity index (χ0n) is 22.3. The van der Waals surface area contributed by atoms with Crippen molar-refractivity contribution in [3.05, 3.63) is 70.6 Å². The number of aliphatic hydroxyl groups excluding tert-OH is 2. The van der Waals surface area contributed by atoms with Gasteiger partial charge in [0.05, 0.1) is 25.5 Å². The predicted molar refractivity (Wildman–Crippen MR) is 138 cm³/mol. The van der Waals surface area contributed by atoms with E-state index < -0.39 is 72.7 Å². The van der Waals surface area contributed by atoms with Gasteiger partial charge in [-0.05, 0) is 43.7 Å². The number of hydrogen-bond acceptors (Lipinski definition) is 9. The highest BCUT2D eigenvalue weighted by atomic mass is 35.5. The van der Waals surface area contributed by atoms with Crippen LogP contribution < -0.4 is 0 Å². The second-order valence-corrected chi connectivity index (χ2v) is 10.1. The standard InChI is InChI=1S/C27H29ClF3N3O7/c1-13(2)40-27(37)26(39-12-14-4-6-16(28)7-5-14)25-24(38-3)22(23(36)20(11-35)41-25)34-10-19(32-33-34)15-8-17(29)21(31)18(30)9-15/h4-10,13,20,22-26,35-36H,11-12H2,1-3H3/t20?,22-,23-,24?,25+,26-/m0/s1. The van der Waals surface area contributed by atoms with Crippen molar-refractivity contribution < 1.29 is 47.1 Å². The summed E-state index contributed by atoms with van der Waals surface area (Å²) in [7, 11) is 1.31. The Morgan fingerprint density at radius 2 is 1.83 bits per heavy atom. The van der Waals surface area contributed by atoms with Gasteiger partial charge in [0.15, 0.2) is 23.6 Å². The largest absolute Gasteiger partial charge is 0.461 e. The first-order chi connectivity index (χ1) is 19.5. The number of aliphatic hydroxyl groups is 2. The first kappa shape index (κ1) is 30.9. The molecular formula is C27H29ClF3N3O7. The lowest BCUT2D eigenvalue weighted by molar-refractivity contribution is -0.246. The van der Waals surface area contributed by atoms with Crippen molar-refractivity contribution in [3.8, 4) is 11.3 Å². The second kappa shape index (κ2) is 13.3. The number of nitrogens with zero attached hydrogens (tertiary/aromatic N) is 3. The minimum Gasteiger partial charge on any atom is -0.461 e. The number of rotatable bonds is 10. The third-order valence-electron chi connectivity index (χ3n) is 6.50. The van der Waals surface area contributed by atoms with Gasteiger partial charge in [0.25, 0.3) is 0 Å². The Labute approximate surface area is 238 Å². The van der Waals surface area contributed by atoms with E-state index in [-0.39, 0.29) is 17.9 Å². The summed E-state index contributed by atoms with van der Waals surface area (Å²) < 4.78 is 65.3. The van der Waals surface area contributed by atoms with Crippen LogP contribution in [0.4, 0.5) is 13.2 Å². The number of aromatic nitrogens is 3. The molecular weight excluding hydrogens is 571 g/mol. The maximum atomic E-state index is 13.8. The van der Waals surface area contributed by atoms with E-state index in [0.717, 1.165) is 16.8 Å². The molecule has 1 saturated heterocycles. The summed E-state index contributed by atoms with van der Waals surface area (Å²) in [5.74, 6) is -5.24. The van der Waals surface area contributed by atoms with E-state index >= 15 is 0 Å². The molecule has 2 heterocycles. The highest BCUT2D eigenvalue weighted by Gasteiger charge is 2.52. The summed E-state index contributed by atoms with van der Waals surface area (Å²) in [6.07, 6.45) is -5.63. The van der Waals surface area contributed by atoms with Crippen molar-refractivity contribution in [2.45, 2.75) is 63.1 Å². The van der Waals surface area contributed by atoms with Gasteiger partial charge in [-0.1, -0.05) is 28.9 Å². The maximum absolute atomic E-state index is 13.8. The fourth-order valence-electron chi connectivity index (χ4n) is 4.56. The molecule has 0 bridgehead atoms. The van der Waals surface area contributed by atoms with E-state index in [4.69, 9.17) is 30.5 Å². The van der Waals surface area contributed by atoms with Gasteiger partial charge < -0.3 is 29.2 Å². The third kappa shape index (κ3) is 6.88. The molecule has 0 spiro atoms. The van der Waals surface area contributed by atoms with Crippen LogP contribution in [0.3, 0.4) is 0 Å². The zero-order chi connectivity index (χ0) is 29.8. The molecule has 0 saturated carbocycles. The van der Waals surface area contributed by atoms with Crippen LogP contribution in [0.15, 0.2) is 42.6 Å². The third-order valence-corrected chi connectivity index (χ3v) is 6.75. The molecule has 10 nitrogen and oxygen atoms in total. The first-order valence-corrected chi connectivity index (χ1v) is 13.0. The van der Waals surface area contributed by atoms with Gasteiger partial charge in [0, 0.05) is 17.7 Å². The van der Waals surface area contributed by atoms with E-state index in [9.17, 15) is 28.2 Å². The normalized spacial score (nSPS) is 23.5. The average molecular weight is 600 g/mol. The Bertz CT molecular complexity index is 1320. The van der Waals surface area contributed by atoms with E-state index in [1.165, 1.54) is 13.3 Å². The molecule has 1 fully saturated rings. The van der Waals surface area contributed by atoms with Crippen molar-refractivity contribution in [2.24, 2.45) is 0 Å². The summed E-state index contributed by atoms with van der Waals surface area (Å²) in [5.41, 5.74) is 0.544. The molecule has 0 radical (unpaired) electrons. The van der Waals surface area contributed by atoms with Crippen molar-refractivity contribution in [2.75, 3.05) is 13.7 Å². The molecule has 3 aromatic rings. The smallest absolute Gasteiger partial charge is 0.338 e. The summed E-state index contributed by atoms with van der Waals surface area (Å²) in [6.45, 7) is 2.62. The Hall–Kier alpha value is -3.07. The summed E-state index contributed by atoms with van der Waals surface area (Å²) in [4.78, 5) is 13.2. The van der Waals surface area contributed by atoms with Crippen LogP contribution >= 0.6 is 11.6 Å². The Kier molecular flexibility index (Phi) is 10.00. The lowest BCUT2D eigenvalue weighted by atomic mass is 9.89. The maximum Gasteiger partial charge on any atom is 0.338 e. The molecule has 4 rings (SSSR count). The molecule has 2 N–H and O–H groups in total. The molecule has 2 aromatic carbocycles. The van der Waals surface area contributed by atoms with Gasteiger partial charge in [-0.25, -0.2) is 22.6 Å². The molecule has 41 heavy (non-hydrogen) atoms. The Morgan fingerprint density at radius 3 is 2.41 bits per heavy atom. The van der Waals surface area contributed by atoms with Crippen LogP contribution in [0.25, 0.3) is 11.3 Å². The van der Waals surface area contributed by atoms with Gasteiger partial charge in [-0.2, -0.15) is 0 Å². The van der Waals surface area contributed by atoms with Crippen molar-refractivity contribution in [1.29, 1.82) is 0 Å². The van der Waals surface area contributed by atoms with E-state index in [1.54, 1.807) is 38.1 Å². The van der Waals surface area contributed by atoms with Crippen molar-refractivity contribution in [3.63, 3.8) is 0 Å². The van der Waals surface area contributed by atoms with Crippen LogP contribution in [-0.4, -0.2) is 81.5 Å². The zero-order valence-corrected chi connectivity index (χ0v) is 23.0. The molecule has 222 valence electrons. The number of methoxy groups -OCH3 is 1. The van der Waals surface area contributed by atoms with E-state index in [2.05, 4.69) is 10.3 Å². The minimum atomic E-state index is -1.63. The first-order valence-electron chi connectivity index (χ1n) is 12.6. The predicted octanol–water partition coefficient (Wildman–Crippen LogP) is 3.23. The summed E-state index contributed by atoms with van der Waals surface area (Å²) >= 11 is 5.96. The number of hydrogen-bond donors (Lipinski definition) is 2. The number of halogens is 4. The van der Waals surface area contributed by atoms with Crippen molar-refractivity contribution in [1.82, 2.24) is 15.0 Å². The fourth-order valence-corrected chi connectivity index (χ4v) is 4.69. The van der Waals surface area contributed by atoms with Gasteiger partial charge in [-0.3, -0.25) is 0 Å². The number of esters is 1. The Balaban J connectivity index is 1.69. The van der Waals surface area contributed by atoms with E-state index in [0.29, 0.717) is 10.6 Å². The lowest BCUT2D eigenvalue weighted by Crippen LogP contribution is -2.61. The van der Waals surface area contributed by atoms with E-state index in [1.807, 2.05) is 0 Å². The highest BCUT2D eigenvalue weighted by molar-refractivity contribution is 6.30. The topological polar surface area (TPSA) is 125 Å². The van der Waals surface area contributed by atoms with Gasteiger partial charge >= 0.3 is 5.97 Å². The van der Waals surface area contributed by atoms with Gasteiger partial charge in [0.2, 0.25) is 0 Å². The molecule has 0 amide bonds. The second-order valence-electron chi connectivity index (χ2n) is 9.68. The van der Waals surface area contributed by atoms with Gasteiger partial charge in [0.1, 0.15) is 36.2 Å². The highest BCUT2D eigenvalue weighted by Crippen LogP contribution is 2.35. The van der Waals surface area contributed by atoms with Crippen LogP contribution in [0.5, 0.6) is 0 Å². The monoisotopic (exact) mass is 599 g/mol. The number of carbonyl (C=O) groups excluding carboxylic acids is 1. The minimum absolute atomic E-state index is 0.0387. The molecule has 14 heteroatoms. The molecule has 1 aliphatic rings. The summed E-state index contributed by atoms with van der Waals surface area (Å²) in [6, 6.07) is 7.12. The number of carbonyl (C=O) groups is 1. The molecule has 6 atom stereocenters. The molecule has 0 aliphatic carbocycles. The Morgan fingerprint density at radius 1 is 1.17 bits per heavy atom. The molecule has 2 unspecified atom stereocenters. The van der Waals surface area contributed by atoms with Crippen LogP contribution in [-0.2, 0) is 30.3 Å². The number of ether oxygens (including phenoxy) is 4. The average Bonchev–Trinajstić information content (AvgIpc) is 3.42. The van der Waals surface area contributed by atoms with Gasteiger partial charge in [-0.15, -0.1) is 5.10 Å². The van der Waals surface area contributed by atoms with Crippen LogP contribution in [0.1, 0.15) is 25.5 Å². The molecule has 1 aromatic heterocycles. The van der Waals surface area contributed by atoms with Crippen LogP contribution in [0.2, 0.25) is 5.02 Å². The van der Waals surface area contributed by atoms with Crippen LogP contribution in [0, 0.1) is 17.5 Å². The fraction of sp³-hybridized carbons (Fsp3) is 0.444. The molecule has 1 aliphatic heterocycles. The van der Waals surface area contributed by atoms with Crippen molar-refractivity contribution >= 4 is 17.6 Å². The summed E-state index contributed by atoms with van der Waals surface area (Å²) in [5, 5.41) is 29.5.